The molecule has 1 amide bonds. The standard InChI is InChI=1S/C21H25NO4/c1-13-9-15(3)21(16(4)10-13)22-19(23)11-26-20(24)12-25-18-8-6-7-14(2)17(18)5/h6-10H,11-12H2,1-5H3,(H,22,23). The highest BCUT2D eigenvalue weighted by molar-refractivity contribution is 5.94. The molecule has 2 aromatic carbocycles. The minimum atomic E-state index is -0.585. The molecule has 2 rings (SSSR count). The molecule has 0 radical (unpaired) electrons. The Balaban J connectivity index is 1.84. The van der Waals surface area contributed by atoms with Gasteiger partial charge in [-0.3, -0.25) is 4.79 Å². The van der Waals surface area contributed by atoms with Gasteiger partial charge in [-0.1, -0.05) is 29.8 Å². The molecule has 5 heteroatoms. The third kappa shape index (κ3) is 5.09. The number of anilines is 1. The van der Waals surface area contributed by atoms with Crippen LogP contribution < -0.4 is 10.1 Å². The maximum Gasteiger partial charge on any atom is 0.344 e. The predicted molar refractivity (Wildman–Crippen MR) is 102 cm³/mol. The first-order valence-electron chi connectivity index (χ1n) is 8.50. The van der Waals surface area contributed by atoms with E-state index >= 15 is 0 Å². The number of hydrogen-bond acceptors (Lipinski definition) is 4. The van der Waals surface area contributed by atoms with E-state index in [4.69, 9.17) is 9.47 Å². The SMILES string of the molecule is Cc1cc(C)c(NC(=O)COC(=O)COc2cccc(C)c2C)c(C)c1. The summed E-state index contributed by atoms with van der Waals surface area (Å²) in [5, 5.41) is 2.79. The van der Waals surface area contributed by atoms with Gasteiger partial charge in [-0.25, -0.2) is 4.79 Å². The summed E-state index contributed by atoms with van der Waals surface area (Å²) in [4.78, 5) is 23.9. The first kappa shape index (κ1) is 19.5. The van der Waals surface area contributed by atoms with Gasteiger partial charge < -0.3 is 14.8 Å². The van der Waals surface area contributed by atoms with Crippen molar-refractivity contribution < 1.29 is 19.1 Å². The van der Waals surface area contributed by atoms with Crippen molar-refractivity contribution in [3.05, 3.63) is 58.1 Å². The molecular formula is C21H25NO4. The third-order valence-corrected chi connectivity index (χ3v) is 4.21. The lowest BCUT2D eigenvalue weighted by Gasteiger charge is -2.13. The normalized spacial score (nSPS) is 10.3. The van der Waals surface area contributed by atoms with Crippen LogP contribution in [0.3, 0.4) is 0 Å². The monoisotopic (exact) mass is 355 g/mol. The van der Waals surface area contributed by atoms with E-state index in [1.54, 1.807) is 6.07 Å². The smallest absolute Gasteiger partial charge is 0.344 e. The Morgan fingerprint density at radius 3 is 2.23 bits per heavy atom. The molecule has 0 fully saturated rings. The number of benzene rings is 2. The number of rotatable bonds is 6. The summed E-state index contributed by atoms with van der Waals surface area (Å²) in [6.45, 7) is 9.18. The molecule has 0 aromatic heterocycles. The molecule has 2 aromatic rings. The zero-order chi connectivity index (χ0) is 19.3. The lowest BCUT2D eigenvalue weighted by molar-refractivity contribution is -0.149. The largest absolute Gasteiger partial charge is 0.482 e. The zero-order valence-electron chi connectivity index (χ0n) is 15.9. The Kier molecular flexibility index (Phi) is 6.39. The van der Waals surface area contributed by atoms with Crippen LogP contribution in [0.5, 0.6) is 5.75 Å². The lowest BCUT2D eigenvalue weighted by atomic mass is 10.1. The minimum Gasteiger partial charge on any atom is -0.482 e. The number of ether oxygens (including phenoxy) is 2. The molecule has 26 heavy (non-hydrogen) atoms. The van der Waals surface area contributed by atoms with Crippen LogP contribution in [0.15, 0.2) is 30.3 Å². The van der Waals surface area contributed by atoms with E-state index in [1.807, 2.05) is 58.9 Å². The highest BCUT2D eigenvalue weighted by Crippen LogP contribution is 2.22. The molecule has 0 aliphatic heterocycles. The summed E-state index contributed by atoms with van der Waals surface area (Å²) in [7, 11) is 0. The maximum atomic E-state index is 12.1. The van der Waals surface area contributed by atoms with Crippen LogP contribution in [0.2, 0.25) is 0 Å². The molecule has 5 nitrogen and oxygen atoms in total. The van der Waals surface area contributed by atoms with Gasteiger partial charge in [-0.05, 0) is 62.9 Å². The second-order valence-corrected chi connectivity index (χ2v) is 6.47. The van der Waals surface area contributed by atoms with Gasteiger partial charge in [0.25, 0.3) is 5.91 Å². The molecule has 0 bridgehead atoms. The van der Waals surface area contributed by atoms with Crippen molar-refractivity contribution in [3.8, 4) is 5.75 Å². The Bertz CT molecular complexity index is 804. The third-order valence-electron chi connectivity index (χ3n) is 4.21. The molecule has 0 aliphatic carbocycles. The molecule has 0 atom stereocenters. The molecule has 0 heterocycles. The molecular weight excluding hydrogens is 330 g/mol. The molecule has 0 saturated carbocycles. The van der Waals surface area contributed by atoms with E-state index < -0.39 is 5.97 Å². The van der Waals surface area contributed by atoms with Crippen LogP contribution in [0.1, 0.15) is 27.8 Å². The fourth-order valence-corrected chi connectivity index (χ4v) is 2.76. The van der Waals surface area contributed by atoms with Crippen LogP contribution in [0.25, 0.3) is 0 Å². The Morgan fingerprint density at radius 2 is 1.58 bits per heavy atom. The Labute approximate surface area is 154 Å². The molecule has 138 valence electrons. The number of nitrogens with one attached hydrogen (secondary N) is 1. The number of amides is 1. The van der Waals surface area contributed by atoms with Crippen molar-refractivity contribution in [2.45, 2.75) is 34.6 Å². The van der Waals surface area contributed by atoms with Crippen molar-refractivity contribution in [2.24, 2.45) is 0 Å². The maximum absolute atomic E-state index is 12.1. The Hall–Kier alpha value is -2.82. The van der Waals surface area contributed by atoms with Gasteiger partial charge >= 0.3 is 5.97 Å². The van der Waals surface area contributed by atoms with Gasteiger partial charge in [0.1, 0.15) is 5.75 Å². The first-order valence-corrected chi connectivity index (χ1v) is 8.50. The quantitative estimate of drug-likeness (QED) is 0.801. The molecule has 0 saturated heterocycles. The van der Waals surface area contributed by atoms with E-state index in [2.05, 4.69) is 5.32 Å². The van der Waals surface area contributed by atoms with E-state index in [9.17, 15) is 9.59 Å². The van der Waals surface area contributed by atoms with Gasteiger partial charge in [0.15, 0.2) is 13.2 Å². The summed E-state index contributed by atoms with van der Waals surface area (Å²) < 4.78 is 10.5. The highest BCUT2D eigenvalue weighted by atomic mass is 16.6. The fraction of sp³-hybridized carbons (Fsp3) is 0.333. The van der Waals surface area contributed by atoms with Crippen molar-refractivity contribution in [1.29, 1.82) is 0 Å². The number of aryl methyl sites for hydroxylation is 4. The average molecular weight is 355 g/mol. The Morgan fingerprint density at radius 1 is 0.923 bits per heavy atom. The molecule has 0 unspecified atom stereocenters. The highest BCUT2D eigenvalue weighted by Gasteiger charge is 2.12. The van der Waals surface area contributed by atoms with E-state index in [1.165, 1.54) is 0 Å². The topological polar surface area (TPSA) is 64.6 Å². The van der Waals surface area contributed by atoms with E-state index in [0.29, 0.717) is 5.75 Å². The fourth-order valence-electron chi connectivity index (χ4n) is 2.76. The summed E-state index contributed by atoms with van der Waals surface area (Å²) in [5.41, 5.74) is 5.89. The zero-order valence-corrected chi connectivity index (χ0v) is 15.9. The summed E-state index contributed by atoms with van der Waals surface area (Å²) in [5.74, 6) is -0.323. The summed E-state index contributed by atoms with van der Waals surface area (Å²) >= 11 is 0. The average Bonchev–Trinajstić information content (AvgIpc) is 2.57. The minimum absolute atomic E-state index is 0.236. The molecule has 0 spiro atoms. The van der Waals surface area contributed by atoms with Gasteiger partial charge in [-0.2, -0.15) is 0 Å². The summed E-state index contributed by atoms with van der Waals surface area (Å²) in [6.07, 6.45) is 0. The van der Waals surface area contributed by atoms with Crippen molar-refractivity contribution in [1.82, 2.24) is 0 Å². The second-order valence-electron chi connectivity index (χ2n) is 6.47. The summed E-state index contributed by atoms with van der Waals surface area (Å²) in [6, 6.07) is 9.62. The lowest BCUT2D eigenvalue weighted by Crippen LogP contribution is -2.24. The van der Waals surface area contributed by atoms with Gasteiger partial charge in [-0.15, -0.1) is 0 Å². The number of carbonyl (C=O) groups is 2. The second kappa shape index (κ2) is 8.52. The number of carbonyl (C=O) groups excluding carboxylic acids is 2. The van der Waals surface area contributed by atoms with Crippen molar-refractivity contribution in [3.63, 3.8) is 0 Å². The van der Waals surface area contributed by atoms with E-state index in [-0.39, 0.29) is 19.1 Å². The number of hydrogen-bond donors (Lipinski definition) is 1. The van der Waals surface area contributed by atoms with Crippen LogP contribution in [0.4, 0.5) is 5.69 Å². The van der Waals surface area contributed by atoms with Gasteiger partial charge in [0.05, 0.1) is 0 Å². The molecule has 1 N–H and O–H groups in total. The van der Waals surface area contributed by atoms with Crippen LogP contribution >= 0.6 is 0 Å². The van der Waals surface area contributed by atoms with Crippen LogP contribution in [-0.2, 0) is 14.3 Å². The first-order chi connectivity index (χ1) is 12.3. The number of esters is 1. The van der Waals surface area contributed by atoms with Crippen LogP contribution in [0, 0.1) is 34.6 Å². The van der Waals surface area contributed by atoms with Crippen LogP contribution in [-0.4, -0.2) is 25.1 Å². The van der Waals surface area contributed by atoms with Crippen molar-refractivity contribution >= 4 is 17.6 Å². The van der Waals surface area contributed by atoms with Crippen molar-refractivity contribution in [2.75, 3.05) is 18.5 Å². The molecule has 0 aliphatic rings. The van der Waals surface area contributed by atoms with E-state index in [0.717, 1.165) is 33.5 Å². The van der Waals surface area contributed by atoms with Gasteiger partial charge in [0.2, 0.25) is 0 Å². The van der Waals surface area contributed by atoms with Gasteiger partial charge in [0, 0.05) is 5.69 Å². The predicted octanol–water partition coefficient (Wildman–Crippen LogP) is 3.79.